The molecule has 132 valence electrons. The van der Waals surface area contributed by atoms with Crippen LogP contribution in [-0.2, 0) is 4.79 Å². The Morgan fingerprint density at radius 3 is 2.62 bits per heavy atom. The van der Waals surface area contributed by atoms with Crippen LogP contribution in [0.3, 0.4) is 0 Å². The Morgan fingerprint density at radius 1 is 1.25 bits per heavy atom. The van der Waals surface area contributed by atoms with E-state index in [1.54, 1.807) is 48.4 Å². The molecule has 0 bridgehead atoms. The molecule has 1 amide bonds. The van der Waals surface area contributed by atoms with Crippen LogP contribution in [0.1, 0.15) is 6.42 Å². The van der Waals surface area contributed by atoms with Crippen LogP contribution >= 0.6 is 36.6 Å². The lowest BCUT2D eigenvalue weighted by Crippen LogP contribution is -2.36. The third kappa shape index (κ3) is 7.40. The Kier molecular flexibility index (Phi) is 11.2. The van der Waals surface area contributed by atoms with Crippen LogP contribution in [0.4, 0.5) is 5.69 Å². The zero-order valence-electron chi connectivity index (χ0n) is 13.2. The van der Waals surface area contributed by atoms with E-state index in [1.807, 2.05) is 18.4 Å². The van der Waals surface area contributed by atoms with E-state index >= 15 is 0 Å². The Bertz CT molecular complexity index is 617. The van der Waals surface area contributed by atoms with Gasteiger partial charge in [-0.15, -0.1) is 24.8 Å². The van der Waals surface area contributed by atoms with Gasteiger partial charge in [0.1, 0.15) is 11.5 Å². The van der Waals surface area contributed by atoms with Gasteiger partial charge in [0.25, 0.3) is 0 Å². The molecule has 0 unspecified atom stereocenters. The smallest absolute Gasteiger partial charge is 0.241 e. The lowest BCUT2D eigenvalue weighted by Gasteiger charge is -2.12. The molecule has 1 atom stereocenters. The summed E-state index contributed by atoms with van der Waals surface area (Å²) in [5.74, 6) is 2.01. The van der Waals surface area contributed by atoms with E-state index in [1.165, 1.54) is 0 Å². The molecule has 2 rings (SSSR count). The average Bonchev–Trinajstić information content (AvgIpc) is 2.54. The summed E-state index contributed by atoms with van der Waals surface area (Å²) < 4.78 is 5.70. The van der Waals surface area contributed by atoms with Gasteiger partial charge in [-0.3, -0.25) is 9.78 Å². The topological polar surface area (TPSA) is 77.2 Å². The van der Waals surface area contributed by atoms with Crippen LogP contribution < -0.4 is 15.8 Å². The molecule has 3 N–H and O–H groups in total. The molecule has 1 aromatic heterocycles. The quantitative estimate of drug-likeness (QED) is 0.753. The lowest BCUT2D eigenvalue weighted by atomic mass is 10.2. The summed E-state index contributed by atoms with van der Waals surface area (Å²) in [5.41, 5.74) is 6.51. The number of aromatic nitrogens is 1. The standard InChI is InChI=1S/C16H19N3O2S.2ClH/c1-22-10-7-15(17)16(20)19-12-3-2-4-14(11-12)21-13-5-8-18-9-6-13;;/h2-6,8-9,11,15H,7,10,17H2,1H3,(H,19,20);2*1H/t15-;;/m0../s1. The maximum atomic E-state index is 12.0. The summed E-state index contributed by atoms with van der Waals surface area (Å²) in [4.78, 5) is 15.9. The summed E-state index contributed by atoms with van der Waals surface area (Å²) in [7, 11) is 0. The first-order valence-electron chi connectivity index (χ1n) is 6.92. The number of pyridine rings is 1. The summed E-state index contributed by atoms with van der Waals surface area (Å²) in [6.07, 6.45) is 5.96. The number of halogens is 2. The molecule has 1 heterocycles. The van der Waals surface area contributed by atoms with Crippen molar-refractivity contribution in [1.82, 2.24) is 4.98 Å². The monoisotopic (exact) mass is 389 g/mol. The van der Waals surface area contributed by atoms with Gasteiger partial charge in [0.15, 0.2) is 0 Å². The molecule has 8 heteroatoms. The van der Waals surface area contributed by atoms with Crippen LogP contribution in [0.2, 0.25) is 0 Å². The number of ether oxygens (including phenoxy) is 1. The van der Waals surface area contributed by atoms with Crippen molar-refractivity contribution in [1.29, 1.82) is 0 Å². The van der Waals surface area contributed by atoms with E-state index in [0.29, 0.717) is 23.6 Å². The van der Waals surface area contributed by atoms with Crippen molar-refractivity contribution in [3.05, 3.63) is 48.8 Å². The van der Waals surface area contributed by atoms with Crippen molar-refractivity contribution < 1.29 is 9.53 Å². The van der Waals surface area contributed by atoms with Crippen molar-refractivity contribution >= 4 is 48.2 Å². The van der Waals surface area contributed by atoms with E-state index in [9.17, 15) is 4.79 Å². The van der Waals surface area contributed by atoms with Crippen LogP contribution in [0, 0.1) is 0 Å². The summed E-state index contributed by atoms with van der Waals surface area (Å²) >= 11 is 1.67. The Morgan fingerprint density at radius 2 is 1.96 bits per heavy atom. The number of rotatable bonds is 7. The molecule has 0 aliphatic heterocycles. The van der Waals surface area contributed by atoms with E-state index < -0.39 is 6.04 Å². The molecule has 1 aromatic carbocycles. The normalized spacial score (nSPS) is 10.8. The molecule has 0 spiro atoms. The van der Waals surface area contributed by atoms with E-state index in [0.717, 1.165) is 5.75 Å². The minimum Gasteiger partial charge on any atom is -0.457 e. The first-order valence-corrected chi connectivity index (χ1v) is 8.32. The van der Waals surface area contributed by atoms with Crippen molar-refractivity contribution in [2.45, 2.75) is 12.5 Å². The molecule has 0 fully saturated rings. The van der Waals surface area contributed by atoms with Crippen molar-refractivity contribution in [3.63, 3.8) is 0 Å². The number of hydrogen-bond acceptors (Lipinski definition) is 5. The van der Waals surface area contributed by atoms with Gasteiger partial charge in [-0.1, -0.05) is 6.07 Å². The fourth-order valence-corrected chi connectivity index (χ4v) is 2.28. The van der Waals surface area contributed by atoms with Gasteiger partial charge in [0.05, 0.1) is 6.04 Å². The summed E-state index contributed by atoms with van der Waals surface area (Å²) in [6, 6.07) is 10.2. The van der Waals surface area contributed by atoms with Gasteiger partial charge < -0.3 is 15.8 Å². The number of nitrogens with zero attached hydrogens (tertiary/aromatic N) is 1. The highest BCUT2D eigenvalue weighted by Crippen LogP contribution is 2.23. The Labute approximate surface area is 158 Å². The predicted molar refractivity (Wildman–Crippen MR) is 105 cm³/mol. The SMILES string of the molecule is CSCC[C@H](N)C(=O)Nc1cccc(Oc2ccncc2)c1.Cl.Cl. The minimum atomic E-state index is -0.503. The van der Waals surface area contributed by atoms with Crippen LogP contribution in [0.25, 0.3) is 0 Å². The number of benzene rings is 1. The van der Waals surface area contributed by atoms with Gasteiger partial charge in [0.2, 0.25) is 5.91 Å². The Balaban J connectivity index is 0.00000264. The number of amides is 1. The summed E-state index contributed by atoms with van der Waals surface area (Å²) in [6.45, 7) is 0. The first-order chi connectivity index (χ1) is 10.7. The fourth-order valence-electron chi connectivity index (χ4n) is 1.79. The summed E-state index contributed by atoms with van der Waals surface area (Å²) in [5, 5.41) is 2.81. The van der Waals surface area contributed by atoms with Crippen molar-refractivity contribution in [2.24, 2.45) is 5.73 Å². The molecule has 0 aliphatic rings. The third-order valence-corrected chi connectivity index (χ3v) is 3.60. The highest BCUT2D eigenvalue weighted by atomic mass is 35.5. The zero-order chi connectivity index (χ0) is 15.8. The van der Waals surface area contributed by atoms with Gasteiger partial charge in [-0.2, -0.15) is 11.8 Å². The molecule has 24 heavy (non-hydrogen) atoms. The molecule has 0 aliphatic carbocycles. The molecular formula is C16H21Cl2N3O2S. The second-order valence-electron chi connectivity index (χ2n) is 4.69. The molecule has 5 nitrogen and oxygen atoms in total. The van der Waals surface area contributed by atoms with E-state index in [4.69, 9.17) is 10.5 Å². The second kappa shape index (κ2) is 12.0. The molecule has 0 saturated heterocycles. The Hall–Kier alpha value is -1.47. The van der Waals surface area contributed by atoms with Crippen LogP contribution in [0.15, 0.2) is 48.8 Å². The van der Waals surface area contributed by atoms with Crippen LogP contribution in [0.5, 0.6) is 11.5 Å². The largest absolute Gasteiger partial charge is 0.457 e. The first kappa shape index (κ1) is 22.5. The number of nitrogens with one attached hydrogen (secondary N) is 1. The van der Waals surface area contributed by atoms with E-state index in [2.05, 4.69) is 10.3 Å². The second-order valence-corrected chi connectivity index (χ2v) is 5.68. The average molecular weight is 390 g/mol. The lowest BCUT2D eigenvalue weighted by molar-refractivity contribution is -0.117. The highest BCUT2D eigenvalue weighted by molar-refractivity contribution is 7.98. The maximum absolute atomic E-state index is 12.0. The van der Waals surface area contributed by atoms with Gasteiger partial charge >= 0.3 is 0 Å². The van der Waals surface area contributed by atoms with E-state index in [-0.39, 0.29) is 30.7 Å². The highest BCUT2D eigenvalue weighted by Gasteiger charge is 2.13. The number of nitrogens with two attached hydrogens (primary N) is 1. The van der Waals surface area contributed by atoms with Gasteiger partial charge in [-0.25, -0.2) is 0 Å². The number of anilines is 1. The third-order valence-electron chi connectivity index (χ3n) is 2.96. The number of carbonyl (C=O) groups excluding carboxylic acids is 1. The fraction of sp³-hybridized carbons (Fsp3) is 0.250. The number of carbonyl (C=O) groups is 1. The maximum Gasteiger partial charge on any atom is 0.241 e. The molecule has 0 radical (unpaired) electrons. The van der Waals surface area contributed by atoms with Crippen molar-refractivity contribution in [2.75, 3.05) is 17.3 Å². The zero-order valence-corrected chi connectivity index (χ0v) is 15.6. The van der Waals surface area contributed by atoms with Crippen molar-refractivity contribution in [3.8, 4) is 11.5 Å². The van der Waals surface area contributed by atoms with Crippen LogP contribution in [-0.4, -0.2) is 28.9 Å². The predicted octanol–water partition coefficient (Wildman–Crippen LogP) is 3.74. The number of hydrogen-bond donors (Lipinski definition) is 2. The van der Waals surface area contributed by atoms with Gasteiger partial charge in [0, 0.05) is 24.1 Å². The molecule has 2 aromatic rings. The number of thioether (sulfide) groups is 1. The van der Waals surface area contributed by atoms with Gasteiger partial charge in [-0.05, 0) is 42.7 Å². The minimum absolute atomic E-state index is 0. The molecule has 0 saturated carbocycles. The molecular weight excluding hydrogens is 369 g/mol.